The van der Waals surface area contributed by atoms with Gasteiger partial charge in [-0.3, -0.25) is 4.79 Å². The number of benzene rings is 2. The number of amides is 1. The summed E-state index contributed by atoms with van der Waals surface area (Å²) in [6, 6.07) is 15.8. The Labute approximate surface area is 153 Å². The van der Waals surface area contributed by atoms with Crippen molar-refractivity contribution in [3.05, 3.63) is 54.1 Å². The Balaban J connectivity index is 1.71. The number of carbonyl (C=O) groups excluding carboxylic acids is 1. The lowest BCUT2D eigenvalue weighted by Crippen LogP contribution is -2.31. The molecule has 0 saturated carbocycles. The zero-order valence-corrected chi connectivity index (χ0v) is 15.8. The third kappa shape index (κ3) is 6.35. The van der Waals surface area contributed by atoms with Crippen LogP contribution in [-0.4, -0.2) is 31.9 Å². The van der Waals surface area contributed by atoms with Gasteiger partial charge in [-0.05, 0) is 61.7 Å². The maximum absolute atomic E-state index is 12.2. The van der Waals surface area contributed by atoms with E-state index in [1.165, 1.54) is 5.56 Å². The highest BCUT2D eigenvalue weighted by Gasteiger charge is 2.13. The number of aryl methyl sites for hydroxylation is 1. The molecule has 0 aromatic heterocycles. The highest BCUT2D eigenvalue weighted by atomic mass is 32.2. The van der Waals surface area contributed by atoms with Crippen molar-refractivity contribution >= 4 is 17.7 Å². The van der Waals surface area contributed by atoms with Crippen molar-refractivity contribution in [3.63, 3.8) is 0 Å². The van der Waals surface area contributed by atoms with Crippen molar-refractivity contribution in [2.75, 3.05) is 20.8 Å². The van der Waals surface area contributed by atoms with Crippen LogP contribution >= 0.6 is 11.8 Å². The van der Waals surface area contributed by atoms with Gasteiger partial charge in [-0.25, -0.2) is 0 Å². The van der Waals surface area contributed by atoms with Crippen molar-refractivity contribution in [2.24, 2.45) is 0 Å². The van der Waals surface area contributed by atoms with Crippen LogP contribution in [-0.2, 0) is 11.2 Å². The molecule has 0 saturated heterocycles. The lowest BCUT2D eigenvalue weighted by molar-refractivity contribution is -0.120. The summed E-state index contributed by atoms with van der Waals surface area (Å²) in [5.74, 6) is 1.75. The summed E-state index contributed by atoms with van der Waals surface area (Å²) in [5, 5.41) is 2.87. The molecular weight excluding hydrogens is 334 g/mol. The summed E-state index contributed by atoms with van der Waals surface area (Å²) in [6.07, 6.45) is 1.82. The standard InChI is InChI=1S/C20H25NO3S/c1-15(25-19-11-9-17(23-2)10-12-19)20(22)21-13-5-7-16-6-4-8-18(14-16)24-3/h4,6,8-12,14-15H,5,7,13H2,1-3H3,(H,21,22)/t15-/m1/s1. The molecule has 2 aromatic carbocycles. The molecule has 134 valence electrons. The predicted molar refractivity (Wildman–Crippen MR) is 103 cm³/mol. The second-order valence-corrected chi connectivity index (χ2v) is 7.10. The van der Waals surface area contributed by atoms with Gasteiger partial charge in [0.1, 0.15) is 11.5 Å². The topological polar surface area (TPSA) is 47.6 Å². The largest absolute Gasteiger partial charge is 0.497 e. The quantitative estimate of drug-likeness (QED) is 0.544. The van der Waals surface area contributed by atoms with Gasteiger partial charge in [0.15, 0.2) is 0 Å². The Kier molecular flexibility index (Phi) is 7.67. The lowest BCUT2D eigenvalue weighted by Gasteiger charge is -2.12. The van der Waals surface area contributed by atoms with E-state index in [-0.39, 0.29) is 11.2 Å². The van der Waals surface area contributed by atoms with Crippen molar-refractivity contribution in [2.45, 2.75) is 29.9 Å². The fourth-order valence-corrected chi connectivity index (χ4v) is 3.28. The van der Waals surface area contributed by atoms with Crippen molar-refractivity contribution in [3.8, 4) is 11.5 Å². The van der Waals surface area contributed by atoms with Gasteiger partial charge in [0.25, 0.3) is 0 Å². The van der Waals surface area contributed by atoms with Gasteiger partial charge in [0, 0.05) is 11.4 Å². The zero-order chi connectivity index (χ0) is 18.1. The van der Waals surface area contributed by atoms with E-state index < -0.39 is 0 Å². The number of ether oxygens (including phenoxy) is 2. The van der Waals surface area contributed by atoms with Crippen molar-refractivity contribution < 1.29 is 14.3 Å². The predicted octanol–water partition coefficient (Wildman–Crippen LogP) is 3.93. The Morgan fingerprint density at radius 1 is 1.08 bits per heavy atom. The molecule has 4 nitrogen and oxygen atoms in total. The van der Waals surface area contributed by atoms with E-state index in [0.717, 1.165) is 29.2 Å². The van der Waals surface area contributed by atoms with Crippen LogP contribution in [0.15, 0.2) is 53.4 Å². The third-order valence-corrected chi connectivity index (χ3v) is 4.93. The van der Waals surface area contributed by atoms with Gasteiger partial charge in [-0.1, -0.05) is 12.1 Å². The minimum absolute atomic E-state index is 0.0615. The molecule has 5 heteroatoms. The fourth-order valence-electron chi connectivity index (χ4n) is 2.39. The van der Waals surface area contributed by atoms with E-state index in [4.69, 9.17) is 9.47 Å². The Hall–Kier alpha value is -2.14. The Morgan fingerprint density at radius 3 is 2.48 bits per heavy atom. The SMILES string of the molecule is COc1ccc(S[C@H](C)C(=O)NCCCc2cccc(OC)c2)cc1. The van der Waals surface area contributed by atoms with E-state index in [1.54, 1.807) is 26.0 Å². The highest BCUT2D eigenvalue weighted by Crippen LogP contribution is 2.25. The molecule has 0 heterocycles. The van der Waals surface area contributed by atoms with Crippen LogP contribution in [0.4, 0.5) is 0 Å². The molecule has 2 rings (SSSR count). The van der Waals surface area contributed by atoms with Crippen molar-refractivity contribution in [1.82, 2.24) is 5.32 Å². The first-order chi connectivity index (χ1) is 12.1. The minimum atomic E-state index is -0.134. The van der Waals surface area contributed by atoms with Gasteiger partial charge in [-0.15, -0.1) is 11.8 Å². The number of rotatable bonds is 9. The summed E-state index contributed by atoms with van der Waals surface area (Å²) in [5.41, 5.74) is 1.22. The van der Waals surface area contributed by atoms with Crippen LogP contribution < -0.4 is 14.8 Å². The van der Waals surface area contributed by atoms with E-state index in [2.05, 4.69) is 11.4 Å². The number of thioether (sulfide) groups is 1. The molecule has 0 fully saturated rings. The number of hydrogen-bond acceptors (Lipinski definition) is 4. The van der Waals surface area contributed by atoms with Gasteiger partial charge in [0.05, 0.1) is 19.5 Å². The van der Waals surface area contributed by atoms with Crippen LogP contribution in [0.25, 0.3) is 0 Å². The van der Waals surface area contributed by atoms with E-state index >= 15 is 0 Å². The molecule has 0 bridgehead atoms. The summed E-state index contributed by atoms with van der Waals surface area (Å²) in [4.78, 5) is 13.3. The van der Waals surface area contributed by atoms with Gasteiger partial charge in [0.2, 0.25) is 5.91 Å². The van der Waals surface area contributed by atoms with Crippen LogP contribution in [0.3, 0.4) is 0 Å². The summed E-state index contributed by atoms with van der Waals surface area (Å²) in [6.45, 7) is 2.59. The smallest absolute Gasteiger partial charge is 0.233 e. The fraction of sp³-hybridized carbons (Fsp3) is 0.350. The summed E-state index contributed by atoms with van der Waals surface area (Å²) < 4.78 is 10.4. The molecule has 1 atom stereocenters. The second-order valence-electron chi connectivity index (χ2n) is 5.68. The van der Waals surface area contributed by atoms with Crippen LogP contribution in [0.1, 0.15) is 18.9 Å². The molecule has 1 amide bonds. The molecule has 0 unspecified atom stereocenters. The lowest BCUT2D eigenvalue weighted by atomic mass is 10.1. The maximum atomic E-state index is 12.2. The van der Waals surface area contributed by atoms with Gasteiger partial charge < -0.3 is 14.8 Å². The Bertz CT molecular complexity index is 673. The average Bonchev–Trinajstić information content (AvgIpc) is 2.65. The Morgan fingerprint density at radius 2 is 1.80 bits per heavy atom. The number of methoxy groups -OCH3 is 2. The maximum Gasteiger partial charge on any atom is 0.233 e. The molecule has 1 N–H and O–H groups in total. The first-order valence-electron chi connectivity index (χ1n) is 8.33. The third-order valence-electron chi connectivity index (χ3n) is 3.82. The first-order valence-corrected chi connectivity index (χ1v) is 9.21. The molecule has 2 aromatic rings. The summed E-state index contributed by atoms with van der Waals surface area (Å²) in [7, 11) is 3.31. The van der Waals surface area contributed by atoms with Crippen LogP contribution in [0.5, 0.6) is 11.5 Å². The first kappa shape index (κ1) is 19.2. The van der Waals surface area contributed by atoms with E-state index in [9.17, 15) is 4.79 Å². The highest BCUT2D eigenvalue weighted by molar-refractivity contribution is 8.00. The van der Waals surface area contributed by atoms with E-state index in [0.29, 0.717) is 6.54 Å². The zero-order valence-electron chi connectivity index (χ0n) is 15.0. The molecule has 0 radical (unpaired) electrons. The average molecular weight is 359 g/mol. The molecular formula is C20H25NO3S. The molecule has 0 aliphatic heterocycles. The molecule has 0 aliphatic rings. The number of hydrogen-bond donors (Lipinski definition) is 1. The van der Waals surface area contributed by atoms with E-state index in [1.807, 2.05) is 49.4 Å². The van der Waals surface area contributed by atoms with Crippen LogP contribution in [0, 0.1) is 0 Å². The normalized spacial score (nSPS) is 11.6. The monoisotopic (exact) mass is 359 g/mol. The molecule has 0 aliphatic carbocycles. The molecule has 0 spiro atoms. The molecule has 25 heavy (non-hydrogen) atoms. The van der Waals surface area contributed by atoms with Crippen molar-refractivity contribution in [1.29, 1.82) is 0 Å². The van der Waals surface area contributed by atoms with Gasteiger partial charge >= 0.3 is 0 Å². The number of nitrogens with one attached hydrogen (secondary N) is 1. The van der Waals surface area contributed by atoms with Gasteiger partial charge in [-0.2, -0.15) is 0 Å². The summed E-state index contributed by atoms with van der Waals surface area (Å²) >= 11 is 1.55. The number of carbonyl (C=O) groups is 1. The minimum Gasteiger partial charge on any atom is -0.497 e. The van der Waals surface area contributed by atoms with Crippen LogP contribution in [0.2, 0.25) is 0 Å². The second kappa shape index (κ2) is 9.99.